The van der Waals surface area contributed by atoms with Gasteiger partial charge in [0.2, 0.25) is 0 Å². The van der Waals surface area contributed by atoms with Crippen molar-refractivity contribution in [3.8, 4) is 5.75 Å². The summed E-state index contributed by atoms with van der Waals surface area (Å²) < 4.78 is 17.1. The van der Waals surface area contributed by atoms with E-state index < -0.39 is 0 Å². The van der Waals surface area contributed by atoms with E-state index in [1.54, 1.807) is 0 Å². The molecule has 7 nitrogen and oxygen atoms in total. The number of rotatable bonds is 7. The number of ether oxygens (including phenoxy) is 3. The van der Waals surface area contributed by atoms with E-state index in [9.17, 15) is 4.79 Å². The third-order valence-corrected chi connectivity index (χ3v) is 5.73. The van der Waals surface area contributed by atoms with Gasteiger partial charge in [0.1, 0.15) is 18.1 Å². The van der Waals surface area contributed by atoms with Gasteiger partial charge >= 0.3 is 5.97 Å². The highest BCUT2D eigenvalue weighted by Gasteiger charge is 2.19. The van der Waals surface area contributed by atoms with Gasteiger partial charge in [-0.05, 0) is 51.9 Å². The molecule has 2 aliphatic rings. The number of hydrogen-bond acceptors (Lipinski definition) is 6. The number of hydrogen-bond donors (Lipinski definition) is 1. The second kappa shape index (κ2) is 9.71. The number of aromatic amines is 1. The third-order valence-electron chi connectivity index (χ3n) is 5.73. The van der Waals surface area contributed by atoms with Gasteiger partial charge in [0.25, 0.3) is 0 Å². The monoisotopic (exact) mass is 415 g/mol. The number of aromatic nitrogens is 1. The van der Waals surface area contributed by atoms with Crippen LogP contribution in [0.15, 0.2) is 18.2 Å². The Bertz CT molecular complexity index is 851. The second-order valence-electron chi connectivity index (χ2n) is 8.39. The first-order valence-electron chi connectivity index (χ1n) is 11.2. The molecule has 2 aromatic rings. The molecular formula is C23H33N3O4. The van der Waals surface area contributed by atoms with E-state index in [-0.39, 0.29) is 12.1 Å². The molecule has 2 fully saturated rings. The predicted molar refractivity (Wildman–Crippen MR) is 118 cm³/mol. The summed E-state index contributed by atoms with van der Waals surface area (Å²) in [6.45, 7) is 10.6. The Hall–Kier alpha value is -2.25. The van der Waals surface area contributed by atoms with Crippen LogP contribution < -0.4 is 9.64 Å². The zero-order valence-corrected chi connectivity index (χ0v) is 18.1. The van der Waals surface area contributed by atoms with Crippen molar-refractivity contribution in [3.63, 3.8) is 0 Å². The zero-order chi connectivity index (χ0) is 20.9. The summed E-state index contributed by atoms with van der Waals surface area (Å²) in [5, 5.41) is 0.906. The number of H-pyrrole nitrogens is 1. The first-order valence-corrected chi connectivity index (χ1v) is 11.2. The van der Waals surface area contributed by atoms with Crippen molar-refractivity contribution in [2.75, 3.05) is 57.4 Å². The Labute approximate surface area is 178 Å². The normalized spacial score (nSPS) is 18.2. The Morgan fingerprint density at radius 2 is 1.87 bits per heavy atom. The van der Waals surface area contributed by atoms with Crippen LogP contribution >= 0.6 is 0 Å². The van der Waals surface area contributed by atoms with Crippen LogP contribution in [0.5, 0.6) is 5.75 Å². The van der Waals surface area contributed by atoms with Gasteiger partial charge in [-0.1, -0.05) is 6.42 Å². The molecule has 4 rings (SSSR count). The predicted octanol–water partition coefficient (Wildman–Crippen LogP) is 3.43. The Morgan fingerprint density at radius 3 is 2.60 bits per heavy atom. The maximum atomic E-state index is 12.6. The van der Waals surface area contributed by atoms with Crippen molar-refractivity contribution in [2.45, 2.75) is 39.2 Å². The Kier molecular flexibility index (Phi) is 6.79. The van der Waals surface area contributed by atoms with E-state index in [1.165, 1.54) is 19.3 Å². The number of fused-ring (bicyclic) bond motifs is 1. The molecule has 0 spiro atoms. The van der Waals surface area contributed by atoms with Gasteiger partial charge in [-0.2, -0.15) is 0 Å². The highest BCUT2D eigenvalue weighted by molar-refractivity contribution is 5.98. The molecule has 0 atom stereocenters. The molecule has 1 aromatic carbocycles. The van der Waals surface area contributed by atoms with Gasteiger partial charge in [-0.25, -0.2) is 4.79 Å². The molecule has 30 heavy (non-hydrogen) atoms. The van der Waals surface area contributed by atoms with Crippen molar-refractivity contribution in [1.29, 1.82) is 0 Å². The second-order valence-corrected chi connectivity index (χ2v) is 8.39. The molecule has 0 bridgehead atoms. The molecule has 2 aliphatic heterocycles. The topological polar surface area (TPSA) is 67.0 Å². The lowest BCUT2D eigenvalue weighted by Gasteiger charge is -2.29. The fourth-order valence-corrected chi connectivity index (χ4v) is 4.18. The average Bonchev–Trinajstić information content (AvgIpc) is 3.19. The Balaban J connectivity index is 1.50. The molecule has 1 aromatic heterocycles. The molecule has 0 amide bonds. The molecular weight excluding hydrogens is 382 g/mol. The fraction of sp³-hybridized carbons (Fsp3) is 0.609. The molecule has 0 saturated carbocycles. The lowest BCUT2D eigenvalue weighted by Crippen LogP contribution is -2.36. The first-order chi connectivity index (χ1) is 14.6. The maximum absolute atomic E-state index is 12.6. The summed E-state index contributed by atoms with van der Waals surface area (Å²) in [6, 6.07) is 5.99. The minimum Gasteiger partial charge on any atom is -0.490 e. The number of piperidine rings is 1. The van der Waals surface area contributed by atoms with Crippen molar-refractivity contribution in [1.82, 2.24) is 9.88 Å². The van der Waals surface area contributed by atoms with E-state index in [0.29, 0.717) is 12.3 Å². The molecule has 0 unspecified atom stereocenters. The number of morpholine rings is 1. The Morgan fingerprint density at radius 1 is 1.10 bits per heavy atom. The summed E-state index contributed by atoms with van der Waals surface area (Å²) >= 11 is 0. The van der Waals surface area contributed by atoms with Crippen LogP contribution in [-0.4, -0.2) is 74.5 Å². The van der Waals surface area contributed by atoms with Crippen molar-refractivity contribution in [3.05, 3.63) is 23.9 Å². The van der Waals surface area contributed by atoms with Crippen LogP contribution in [0.4, 0.5) is 5.69 Å². The largest absolute Gasteiger partial charge is 0.490 e. The van der Waals surface area contributed by atoms with Crippen LogP contribution in [0.1, 0.15) is 43.6 Å². The molecule has 0 radical (unpaired) electrons. The van der Waals surface area contributed by atoms with Gasteiger partial charge in [-0.3, -0.25) is 4.90 Å². The summed E-state index contributed by atoms with van der Waals surface area (Å²) in [4.78, 5) is 20.5. The van der Waals surface area contributed by atoms with E-state index in [4.69, 9.17) is 14.2 Å². The van der Waals surface area contributed by atoms with Crippen molar-refractivity contribution >= 4 is 22.6 Å². The van der Waals surface area contributed by atoms with Crippen LogP contribution in [0.25, 0.3) is 10.9 Å². The summed E-state index contributed by atoms with van der Waals surface area (Å²) in [5.41, 5.74) is 2.43. The van der Waals surface area contributed by atoms with Crippen LogP contribution in [0, 0.1) is 0 Å². The van der Waals surface area contributed by atoms with Crippen LogP contribution in [0.3, 0.4) is 0 Å². The third kappa shape index (κ3) is 5.08. The SMILES string of the molecule is CC(C)Oc1cc(N2CCOCC2)cc2[nH]c(C(=O)OCCN3CCCCC3)cc12. The number of carbonyl (C=O) groups is 1. The minimum absolute atomic E-state index is 0.0444. The summed E-state index contributed by atoms with van der Waals surface area (Å²) in [7, 11) is 0. The van der Waals surface area contributed by atoms with E-state index in [1.807, 2.05) is 19.9 Å². The van der Waals surface area contributed by atoms with E-state index in [2.05, 4.69) is 26.9 Å². The quantitative estimate of drug-likeness (QED) is 0.699. The first kappa shape index (κ1) is 21.0. The fourth-order valence-electron chi connectivity index (χ4n) is 4.18. The summed E-state index contributed by atoms with van der Waals surface area (Å²) in [6.07, 6.45) is 3.82. The number of esters is 1. The number of nitrogens with zero attached hydrogens (tertiary/aromatic N) is 2. The number of likely N-dealkylation sites (tertiary alicyclic amines) is 1. The van der Waals surface area contributed by atoms with Gasteiger partial charge in [0.15, 0.2) is 0 Å². The average molecular weight is 416 g/mol. The molecule has 164 valence electrons. The van der Waals surface area contributed by atoms with Gasteiger partial charge in [-0.15, -0.1) is 0 Å². The molecule has 7 heteroatoms. The highest BCUT2D eigenvalue weighted by Crippen LogP contribution is 2.33. The smallest absolute Gasteiger partial charge is 0.354 e. The minimum atomic E-state index is -0.313. The van der Waals surface area contributed by atoms with Crippen molar-refractivity contribution < 1.29 is 19.0 Å². The molecule has 2 saturated heterocycles. The van der Waals surface area contributed by atoms with Gasteiger partial charge < -0.3 is 24.1 Å². The molecule has 1 N–H and O–H groups in total. The standard InChI is InChI=1S/C23H33N3O4/c1-17(2)30-22-15-18(26-9-11-28-12-10-26)14-20-19(22)16-21(24-20)23(27)29-13-8-25-6-4-3-5-7-25/h14-17,24H,3-13H2,1-2H3. The lowest BCUT2D eigenvalue weighted by atomic mass is 10.1. The number of carbonyl (C=O) groups excluding carboxylic acids is 1. The zero-order valence-electron chi connectivity index (χ0n) is 18.1. The number of nitrogens with one attached hydrogen (secondary N) is 1. The van der Waals surface area contributed by atoms with Gasteiger partial charge in [0, 0.05) is 36.8 Å². The van der Waals surface area contributed by atoms with Gasteiger partial charge in [0.05, 0.1) is 24.8 Å². The molecule has 3 heterocycles. The highest BCUT2D eigenvalue weighted by atomic mass is 16.5. The van der Waals surface area contributed by atoms with E-state index in [0.717, 1.165) is 68.3 Å². The van der Waals surface area contributed by atoms with Crippen molar-refractivity contribution in [2.24, 2.45) is 0 Å². The van der Waals surface area contributed by atoms with Crippen LogP contribution in [0.2, 0.25) is 0 Å². The number of benzene rings is 1. The lowest BCUT2D eigenvalue weighted by molar-refractivity contribution is 0.0446. The number of anilines is 1. The van der Waals surface area contributed by atoms with Crippen LogP contribution in [-0.2, 0) is 9.47 Å². The van der Waals surface area contributed by atoms with E-state index >= 15 is 0 Å². The maximum Gasteiger partial charge on any atom is 0.354 e. The molecule has 0 aliphatic carbocycles. The summed E-state index contributed by atoms with van der Waals surface area (Å²) in [5.74, 6) is 0.472.